The Morgan fingerprint density at radius 2 is 1.73 bits per heavy atom. The zero-order valence-electron chi connectivity index (χ0n) is 8.14. The fraction of sp³-hybridized carbons (Fsp3) is 0.667. The third kappa shape index (κ3) is 6.39. The molecule has 15 heavy (non-hydrogen) atoms. The van der Waals surface area contributed by atoms with Crippen LogP contribution < -0.4 is 21.6 Å². The molecule has 0 aliphatic rings. The molecule has 3 nitrogen and oxygen atoms in total. The van der Waals surface area contributed by atoms with Crippen molar-refractivity contribution in [1.29, 1.82) is 0 Å². The summed E-state index contributed by atoms with van der Waals surface area (Å²) in [5.74, 6) is 0. The first kappa shape index (κ1) is 15.2. The Hall–Kier alpha value is 0.207. The third-order valence-electron chi connectivity index (χ3n) is 0.859. The predicted molar refractivity (Wildman–Crippen MR) is 47.2 cm³/mol. The second-order valence-electron chi connectivity index (χ2n) is 3.51. The van der Waals surface area contributed by atoms with Crippen molar-refractivity contribution >= 4 is 18.2 Å². The molecular weight excluding hydrogens is 364 g/mol. The van der Waals surface area contributed by atoms with E-state index in [1.165, 1.54) is 0 Å². The second kappa shape index (κ2) is 5.02. The standard InChI is InChI=1S/C6H9F3IO3SSi/c1-15(2,3)5-4-10-13-14(11,12)6(7,8)9/h1-3H3/q-1. The molecule has 0 radical (unpaired) electrons. The molecule has 0 aromatic heterocycles. The molecule has 0 saturated carbocycles. The van der Waals surface area contributed by atoms with Crippen molar-refractivity contribution < 1.29 is 45.7 Å². The molecule has 0 fully saturated rings. The van der Waals surface area contributed by atoms with E-state index in [0.29, 0.717) is 0 Å². The SMILES string of the molecule is C[Si](C)(C)C#C[I-]OS(=O)(=O)C(F)(F)F. The first-order valence-corrected chi connectivity index (χ1v) is 10.5. The summed E-state index contributed by atoms with van der Waals surface area (Å²) in [4.78, 5) is 0. The molecular formula is C6H9F3IO3SSi-. The number of hydrogen-bond donors (Lipinski definition) is 0. The summed E-state index contributed by atoms with van der Waals surface area (Å²) in [6.07, 6.45) is 0. The quantitative estimate of drug-likeness (QED) is 0.262. The van der Waals surface area contributed by atoms with Crippen LogP contribution in [-0.2, 0) is 12.6 Å². The summed E-state index contributed by atoms with van der Waals surface area (Å²) in [5.41, 5.74) is -2.63. The molecule has 0 aromatic carbocycles. The summed E-state index contributed by atoms with van der Waals surface area (Å²) in [7, 11) is -7.14. The molecule has 9 heteroatoms. The fourth-order valence-electron chi connectivity index (χ4n) is 0.254. The normalized spacial score (nSPS) is 13.5. The zero-order chi connectivity index (χ0) is 12.3. The van der Waals surface area contributed by atoms with Crippen LogP contribution in [0, 0.1) is 9.47 Å². The summed E-state index contributed by atoms with van der Waals surface area (Å²) >= 11 is -1.73. The van der Waals surface area contributed by atoms with Gasteiger partial charge < -0.3 is 0 Å². The minimum absolute atomic E-state index is 1.69. The Labute approximate surface area is 98.3 Å². The average molecular weight is 373 g/mol. The molecule has 0 spiro atoms. The van der Waals surface area contributed by atoms with Gasteiger partial charge in [-0.05, 0) is 0 Å². The zero-order valence-corrected chi connectivity index (χ0v) is 12.1. The van der Waals surface area contributed by atoms with Gasteiger partial charge in [-0.3, -0.25) is 0 Å². The van der Waals surface area contributed by atoms with Crippen molar-refractivity contribution in [3.63, 3.8) is 0 Å². The summed E-state index contributed by atoms with van der Waals surface area (Å²) < 4.78 is 62.2. The number of halogens is 4. The van der Waals surface area contributed by atoms with Crippen molar-refractivity contribution in [2.75, 3.05) is 0 Å². The maximum atomic E-state index is 11.8. The van der Waals surface area contributed by atoms with E-state index in [2.05, 4.69) is 12.0 Å². The predicted octanol–water partition coefficient (Wildman–Crippen LogP) is -1.31. The molecule has 0 atom stereocenters. The van der Waals surface area contributed by atoms with E-state index in [1.54, 1.807) is 0 Å². The van der Waals surface area contributed by atoms with Gasteiger partial charge in [-0.15, -0.1) is 0 Å². The van der Waals surface area contributed by atoms with E-state index in [1.807, 2.05) is 19.6 Å². The van der Waals surface area contributed by atoms with Crippen molar-refractivity contribution in [2.24, 2.45) is 0 Å². The van der Waals surface area contributed by atoms with Crippen LogP contribution in [0.2, 0.25) is 19.6 Å². The van der Waals surface area contributed by atoms with Gasteiger partial charge in [-0.1, -0.05) is 0 Å². The first-order chi connectivity index (χ1) is 6.46. The van der Waals surface area contributed by atoms with Gasteiger partial charge in [0.2, 0.25) is 0 Å². The van der Waals surface area contributed by atoms with E-state index in [4.69, 9.17) is 0 Å². The molecule has 0 unspecified atom stereocenters. The van der Waals surface area contributed by atoms with Gasteiger partial charge in [0, 0.05) is 0 Å². The molecule has 0 aliphatic carbocycles. The van der Waals surface area contributed by atoms with Crippen LogP contribution in [0.5, 0.6) is 0 Å². The monoisotopic (exact) mass is 373 g/mol. The van der Waals surface area contributed by atoms with Gasteiger partial charge in [0.15, 0.2) is 0 Å². The topological polar surface area (TPSA) is 43.4 Å². The molecule has 0 amide bonds. The van der Waals surface area contributed by atoms with Crippen molar-refractivity contribution in [3.8, 4) is 9.47 Å². The van der Waals surface area contributed by atoms with Crippen LogP contribution in [0.4, 0.5) is 13.2 Å². The second-order valence-corrected chi connectivity index (χ2v) is 11.8. The van der Waals surface area contributed by atoms with Crippen LogP contribution in [0.15, 0.2) is 0 Å². The molecule has 0 bridgehead atoms. The van der Waals surface area contributed by atoms with Crippen molar-refractivity contribution in [3.05, 3.63) is 0 Å². The van der Waals surface area contributed by atoms with Crippen LogP contribution in [-0.4, -0.2) is 22.0 Å². The van der Waals surface area contributed by atoms with Gasteiger partial charge in [-0.25, -0.2) is 0 Å². The van der Waals surface area contributed by atoms with Gasteiger partial charge in [0.25, 0.3) is 0 Å². The summed E-state index contributed by atoms with van der Waals surface area (Å²) in [6, 6.07) is 0. The van der Waals surface area contributed by atoms with E-state index in [9.17, 15) is 21.6 Å². The third-order valence-corrected chi connectivity index (χ3v) is 5.49. The van der Waals surface area contributed by atoms with Crippen molar-refractivity contribution in [2.45, 2.75) is 25.1 Å². The number of alkyl halides is 3. The minimum atomic E-state index is -5.45. The molecule has 0 aromatic rings. The van der Waals surface area contributed by atoms with E-state index >= 15 is 0 Å². The van der Waals surface area contributed by atoms with E-state index in [0.717, 1.165) is 0 Å². The molecule has 0 saturated heterocycles. The van der Waals surface area contributed by atoms with E-state index < -0.39 is 45.3 Å². The molecule has 0 N–H and O–H groups in total. The van der Waals surface area contributed by atoms with Gasteiger partial charge >= 0.3 is 98.5 Å². The van der Waals surface area contributed by atoms with Gasteiger partial charge in [-0.2, -0.15) is 0 Å². The molecule has 0 rings (SSSR count). The van der Waals surface area contributed by atoms with Crippen LogP contribution in [0.25, 0.3) is 0 Å². The van der Waals surface area contributed by atoms with Gasteiger partial charge in [0.1, 0.15) is 0 Å². The Balaban J connectivity index is 4.37. The Morgan fingerprint density at radius 3 is 2.07 bits per heavy atom. The summed E-state index contributed by atoms with van der Waals surface area (Å²) in [5, 5.41) is 0. The number of rotatable bonds is 2. The fourth-order valence-corrected chi connectivity index (χ4v) is 5.11. The van der Waals surface area contributed by atoms with Crippen LogP contribution >= 0.6 is 0 Å². The number of hydrogen-bond acceptors (Lipinski definition) is 3. The van der Waals surface area contributed by atoms with E-state index in [-0.39, 0.29) is 0 Å². The first-order valence-electron chi connectivity index (χ1n) is 3.61. The van der Waals surface area contributed by atoms with Crippen LogP contribution in [0.1, 0.15) is 0 Å². The molecule has 90 valence electrons. The molecule has 0 heterocycles. The van der Waals surface area contributed by atoms with Crippen LogP contribution in [0.3, 0.4) is 0 Å². The van der Waals surface area contributed by atoms with Crippen molar-refractivity contribution in [1.82, 2.24) is 0 Å². The Bertz CT molecular complexity index is 373. The average Bonchev–Trinajstić information content (AvgIpc) is 1.94. The molecule has 0 aliphatic heterocycles. The Morgan fingerprint density at radius 1 is 1.27 bits per heavy atom. The summed E-state index contributed by atoms with van der Waals surface area (Å²) in [6.45, 7) is 5.67. The Kier molecular flexibility index (Phi) is 5.09. The van der Waals surface area contributed by atoms with Gasteiger partial charge in [0.05, 0.1) is 0 Å². The maximum absolute atomic E-state index is 11.8.